The first kappa shape index (κ1) is 37.6. The van der Waals surface area contributed by atoms with E-state index in [0.29, 0.717) is 17.8 Å². The molecule has 0 spiro atoms. The molecule has 3 heterocycles. The van der Waals surface area contributed by atoms with Gasteiger partial charge >= 0.3 is 6.09 Å². The number of hydrogen-bond acceptors (Lipinski definition) is 11. The van der Waals surface area contributed by atoms with Gasteiger partial charge in [0, 0.05) is 62.0 Å². The molecule has 2 N–H and O–H groups in total. The van der Waals surface area contributed by atoms with Gasteiger partial charge in [-0.15, -0.1) is 0 Å². The highest BCUT2D eigenvalue weighted by Crippen LogP contribution is 2.42. The van der Waals surface area contributed by atoms with Crippen LogP contribution in [0.25, 0.3) is 0 Å². The number of imide groups is 1. The van der Waals surface area contributed by atoms with E-state index in [4.69, 9.17) is 14.2 Å². The number of hydrogen-bond donors (Lipinski definition) is 2. The number of rotatable bonds is 11. The number of aliphatic hydroxyl groups excluding tert-OH is 1. The summed E-state index contributed by atoms with van der Waals surface area (Å²) < 4.78 is 18.6. The largest absolute Gasteiger partial charge is 0.445 e. The molecule has 0 saturated carbocycles. The quantitative estimate of drug-likeness (QED) is 0.117. The Hall–Kier alpha value is -5.67. The fourth-order valence-electron chi connectivity index (χ4n) is 7.29. The van der Waals surface area contributed by atoms with Gasteiger partial charge in [0.25, 0.3) is 11.6 Å². The summed E-state index contributed by atoms with van der Waals surface area (Å²) in [5, 5.41) is 23.3. The van der Waals surface area contributed by atoms with Gasteiger partial charge in [0.15, 0.2) is 6.29 Å². The lowest BCUT2D eigenvalue weighted by molar-refractivity contribution is -0.384. The first-order valence-electron chi connectivity index (χ1n) is 18.3. The Morgan fingerprint density at radius 3 is 2.29 bits per heavy atom. The van der Waals surface area contributed by atoms with Crippen molar-refractivity contribution in [3.63, 3.8) is 0 Å². The topological polar surface area (TPSA) is 164 Å². The van der Waals surface area contributed by atoms with Crippen molar-refractivity contribution in [2.24, 2.45) is 5.92 Å². The minimum atomic E-state index is -1.07. The first-order chi connectivity index (χ1) is 26.7. The number of carbonyl (C=O) groups is 3. The number of carbonyl (C=O) groups excluding carboxylic acids is 3. The predicted molar refractivity (Wildman–Crippen MR) is 202 cm³/mol. The molecule has 3 aliphatic heterocycles. The summed E-state index contributed by atoms with van der Waals surface area (Å²) in [5.74, 6) is -1.09. The highest BCUT2D eigenvalue weighted by molar-refractivity contribution is 6.22. The average molecular weight is 750 g/mol. The predicted octanol–water partition coefficient (Wildman–Crippen LogP) is 5.26. The molecular weight excluding hydrogens is 706 g/mol. The lowest BCUT2D eigenvalue weighted by Crippen LogP contribution is -2.51. The SMILES string of the molecule is C[C@@H]1[C@H](CN2CCN(c3ccc([N+](=O)[O-])cc3)CC2)O[C@H](c2cccc(N3C(=O)CC(NC(=O)OCc4ccccc4)C3=O)c2)O[C@@H]1c1ccc(CO)cc1. The number of aliphatic hydroxyl groups is 1. The number of amides is 3. The number of alkyl carbamates (subject to hydrolysis) is 1. The standard InChI is InChI=1S/C41H43N5O9/c1-27-36(24-43-18-20-44(21-19-43)32-14-16-33(17-15-32)46(51)52)54-40(55-38(27)30-12-10-28(25-47)11-13-30)31-8-5-9-34(22-31)45-37(48)23-35(39(45)49)42-41(50)53-26-29-6-3-2-4-7-29/h2-17,22,27,35-36,38,40,47H,18-21,23-26H2,1H3,(H,42,50)/t27-,35?,36+,38+,40+/m1/s1. The molecule has 4 aromatic carbocycles. The van der Waals surface area contributed by atoms with E-state index in [9.17, 15) is 29.6 Å². The summed E-state index contributed by atoms with van der Waals surface area (Å²) in [5.41, 5.74) is 4.46. The number of nitrogens with one attached hydrogen (secondary N) is 1. The normalized spacial score (nSPS) is 23.1. The third kappa shape index (κ3) is 8.68. The molecule has 0 radical (unpaired) electrons. The van der Waals surface area contributed by atoms with Crippen LogP contribution < -0.4 is 15.1 Å². The summed E-state index contributed by atoms with van der Waals surface area (Å²) in [4.78, 5) is 55.6. The minimum absolute atomic E-state index is 0.0270. The molecule has 55 heavy (non-hydrogen) atoms. The Balaban J connectivity index is 1.05. The van der Waals surface area contributed by atoms with Crippen LogP contribution in [0.5, 0.6) is 0 Å². The number of non-ortho nitro benzene ring substituents is 1. The van der Waals surface area contributed by atoms with Crippen molar-refractivity contribution in [3.05, 3.63) is 135 Å². The maximum atomic E-state index is 13.5. The van der Waals surface area contributed by atoms with Gasteiger partial charge in [0.1, 0.15) is 12.6 Å². The molecular formula is C41H43N5O9. The smallest absolute Gasteiger partial charge is 0.408 e. The highest BCUT2D eigenvalue weighted by atomic mass is 16.7. The van der Waals surface area contributed by atoms with Crippen molar-refractivity contribution < 1.29 is 38.6 Å². The second kappa shape index (κ2) is 16.8. The molecule has 14 nitrogen and oxygen atoms in total. The molecule has 5 atom stereocenters. The van der Waals surface area contributed by atoms with Crippen LogP contribution in [0.15, 0.2) is 103 Å². The van der Waals surface area contributed by atoms with Crippen molar-refractivity contribution in [3.8, 4) is 0 Å². The van der Waals surface area contributed by atoms with Gasteiger partial charge in [0.05, 0.1) is 35.8 Å². The van der Waals surface area contributed by atoms with Crippen molar-refractivity contribution >= 4 is 35.0 Å². The second-order valence-electron chi connectivity index (χ2n) is 14.0. The lowest BCUT2D eigenvalue weighted by Gasteiger charge is -2.44. The van der Waals surface area contributed by atoms with Crippen LogP contribution in [-0.4, -0.2) is 77.7 Å². The number of nitrogens with zero attached hydrogens (tertiary/aromatic N) is 4. The fraction of sp³-hybridized carbons (Fsp3) is 0.341. The molecule has 286 valence electrons. The molecule has 3 saturated heterocycles. The molecule has 0 aliphatic carbocycles. The summed E-state index contributed by atoms with van der Waals surface area (Å²) in [6.45, 7) is 5.67. The Morgan fingerprint density at radius 2 is 1.60 bits per heavy atom. The first-order valence-corrected chi connectivity index (χ1v) is 18.3. The van der Waals surface area contributed by atoms with Crippen molar-refractivity contribution in [2.45, 2.75) is 51.1 Å². The van der Waals surface area contributed by atoms with E-state index in [1.807, 2.05) is 60.7 Å². The van der Waals surface area contributed by atoms with Crippen molar-refractivity contribution in [1.82, 2.24) is 10.2 Å². The van der Waals surface area contributed by atoms with E-state index < -0.39 is 35.2 Å². The van der Waals surface area contributed by atoms with Crippen LogP contribution in [0.1, 0.15) is 48.0 Å². The molecule has 1 unspecified atom stereocenters. The molecule has 0 bridgehead atoms. The third-order valence-corrected chi connectivity index (χ3v) is 10.4. The van der Waals surface area contributed by atoms with E-state index in [1.165, 1.54) is 12.1 Å². The van der Waals surface area contributed by atoms with Crippen LogP contribution in [0.2, 0.25) is 0 Å². The second-order valence-corrected chi connectivity index (χ2v) is 14.0. The number of nitro benzene ring substituents is 1. The van der Waals surface area contributed by atoms with Gasteiger partial charge in [-0.1, -0.05) is 73.7 Å². The molecule has 3 fully saturated rings. The molecule has 14 heteroatoms. The third-order valence-electron chi connectivity index (χ3n) is 10.4. The van der Waals surface area contributed by atoms with Gasteiger partial charge in [-0.3, -0.25) is 24.6 Å². The van der Waals surface area contributed by atoms with Crippen molar-refractivity contribution in [1.29, 1.82) is 0 Å². The highest BCUT2D eigenvalue weighted by Gasteiger charge is 2.42. The zero-order valence-electron chi connectivity index (χ0n) is 30.4. The molecule has 7 rings (SSSR count). The summed E-state index contributed by atoms with van der Waals surface area (Å²) in [7, 11) is 0. The Labute approximate surface area is 318 Å². The van der Waals surface area contributed by atoms with E-state index in [2.05, 4.69) is 22.0 Å². The number of piperazine rings is 1. The van der Waals surface area contributed by atoms with E-state index in [1.54, 1.807) is 30.3 Å². The summed E-state index contributed by atoms with van der Waals surface area (Å²) >= 11 is 0. The van der Waals surface area contributed by atoms with E-state index >= 15 is 0 Å². The molecule has 0 aromatic heterocycles. The molecule has 3 amide bonds. The zero-order valence-corrected chi connectivity index (χ0v) is 30.4. The Kier molecular flexibility index (Phi) is 11.5. The lowest BCUT2D eigenvalue weighted by atomic mass is 9.90. The van der Waals surface area contributed by atoms with E-state index in [0.717, 1.165) is 53.5 Å². The van der Waals surface area contributed by atoms with E-state index in [-0.39, 0.29) is 43.4 Å². The summed E-state index contributed by atoms with van der Waals surface area (Å²) in [6.07, 6.45) is -2.46. The van der Waals surface area contributed by atoms with Crippen LogP contribution in [0, 0.1) is 16.0 Å². The van der Waals surface area contributed by atoms with Crippen LogP contribution in [0.4, 0.5) is 21.9 Å². The van der Waals surface area contributed by atoms with Gasteiger partial charge < -0.3 is 29.5 Å². The maximum absolute atomic E-state index is 13.5. The number of anilines is 2. The average Bonchev–Trinajstić information content (AvgIpc) is 3.49. The van der Waals surface area contributed by atoms with Crippen LogP contribution >= 0.6 is 0 Å². The zero-order chi connectivity index (χ0) is 38.5. The van der Waals surface area contributed by atoms with Gasteiger partial charge in [-0.25, -0.2) is 9.69 Å². The minimum Gasteiger partial charge on any atom is -0.445 e. The van der Waals surface area contributed by atoms with Crippen LogP contribution in [0.3, 0.4) is 0 Å². The Bertz CT molecular complexity index is 1990. The molecule has 3 aliphatic rings. The van der Waals surface area contributed by atoms with Crippen LogP contribution in [-0.2, 0) is 37.0 Å². The maximum Gasteiger partial charge on any atom is 0.408 e. The number of nitro groups is 1. The van der Waals surface area contributed by atoms with Gasteiger partial charge in [-0.05, 0) is 41.0 Å². The van der Waals surface area contributed by atoms with Gasteiger partial charge in [0.2, 0.25) is 5.91 Å². The fourth-order valence-corrected chi connectivity index (χ4v) is 7.29. The monoisotopic (exact) mass is 749 g/mol. The summed E-state index contributed by atoms with van der Waals surface area (Å²) in [6, 6.07) is 29.3. The molecule has 4 aromatic rings. The Morgan fingerprint density at radius 1 is 0.873 bits per heavy atom. The number of benzene rings is 4. The number of ether oxygens (including phenoxy) is 3. The van der Waals surface area contributed by atoms with Gasteiger partial charge in [-0.2, -0.15) is 0 Å². The van der Waals surface area contributed by atoms with Crippen molar-refractivity contribution in [2.75, 3.05) is 42.5 Å².